The van der Waals surface area contributed by atoms with Crippen LogP contribution in [0.15, 0.2) is 48.5 Å². The van der Waals surface area contributed by atoms with Crippen LogP contribution in [0.4, 0.5) is 0 Å². The van der Waals surface area contributed by atoms with Crippen molar-refractivity contribution in [1.29, 1.82) is 0 Å². The molecule has 130 valence electrons. The van der Waals surface area contributed by atoms with E-state index in [2.05, 4.69) is 17.4 Å². The molecular weight excluding hydrogens is 314 g/mol. The third-order valence-corrected chi connectivity index (χ3v) is 4.70. The number of amides is 1. The predicted octanol–water partition coefficient (Wildman–Crippen LogP) is 3.73. The van der Waals surface area contributed by atoms with E-state index in [1.807, 2.05) is 31.2 Å². The third kappa shape index (κ3) is 3.90. The highest BCUT2D eigenvalue weighted by molar-refractivity contribution is 5.93. The van der Waals surface area contributed by atoms with Crippen LogP contribution in [0.1, 0.15) is 52.9 Å². The van der Waals surface area contributed by atoms with Gasteiger partial charge in [-0.3, -0.25) is 4.79 Å². The molecule has 0 saturated heterocycles. The minimum Gasteiger partial charge on any atom is -0.449 e. The number of fused-ring (bicyclic) bond motifs is 1. The zero-order chi connectivity index (χ0) is 17.8. The standard InChI is InChI=1S/C21H23NO3/c1-14-8-3-5-11-17(14)21(24)25-15(2)20(23)22-19-13-7-10-16-9-4-6-12-18(16)19/h3-6,8-9,11-12,15,19H,7,10,13H2,1-2H3,(H,22,23)/t15-,19-/m0/s1. The van der Waals surface area contributed by atoms with E-state index in [4.69, 9.17) is 4.74 Å². The fourth-order valence-electron chi connectivity index (χ4n) is 3.27. The molecular formula is C21H23NO3. The Balaban J connectivity index is 1.64. The average Bonchev–Trinajstić information content (AvgIpc) is 2.62. The van der Waals surface area contributed by atoms with Gasteiger partial charge >= 0.3 is 5.97 Å². The molecule has 0 unspecified atom stereocenters. The number of esters is 1. The molecule has 4 heteroatoms. The van der Waals surface area contributed by atoms with Crippen molar-refractivity contribution < 1.29 is 14.3 Å². The average molecular weight is 337 g/mol. The predicted molar refractivity (Wildman–Crippen MR) is 96.3 cm³/mol. The first-order valence-electron chi connectivity index (χ1n) is 8.71. The molecule has 2 atom stereocenters. The van der Waals surface area contributed by atoms with Crippen LogP contribution in [0.25, 0.3) is 0 Å². The summed E-state index contributed by atoms with van der Waals surface area (Å²) >= 11 is 0. The Morgan fingerprint density at radius 1 is 1.12 bits per heavy atom. The van der Waals surface area contributed by atoms with Crippen molar-refractivity contribution in [3.8, 4) is 0 Å². The Morgan fingerprint density at radius 2 is 1.84 bits per heavy atom. The first kappa shape index (κ1) is 17.2. The van der Waals surface area contributed by atoms with E-state index in [0.29, 0.717) is 5.56 Å². The summed E-state index contributed by atoms with van der Waals surface area (Å²) < 4.78 is 5.36. The maximum atomic E-state index is 12.5. The number of ether oxygens (including phenoxy) is 1. The van der Waals surface area contributed by atoms with Crippen LogP contribution in [0.2, 0.25) is 0 Å². The molecule has 0 fully saturated rings. The monoisotopic (exact) mass is 337 g/mol. The van der Waals surface area contributed by atoms with Crippen molar-refractivity contribution in [2.45, 2.75) is 45.3 Å². The number of aryl methyl sites for hydroxylation is 2. The lowest BCUT2D eigenvalue weighted by Gasteiger charge is -2.27. The van der Waals surface area contributed by atoms with Crippen LogP contribution in [-0.4, -0.2) is 18.0 Å². The molecule has 0 spiro atoms. The third-order valence-electron chi connectivity index (χ3n) is 4.70. The molecule has 1 aliphatic rings. The second kappa shape index (κ2) is 7.51. The number of hydrogen-bond acceptors (Lipinski definition) is 3. The normalized spacial score (nSPS) is 17.3. The van der Waals surface area contributed by atoms with Crippen molar-refractivity contribution in [1.82, 2.24) is 5.32 Å². The van der Waals surface area contributed by atoms with Gasteiger partial charge in [-0.25, -0.2) is 4.79 Å². The molecule has 3 rings (SSSR count). The van der Waals surface area contributed by atoms with Crippen molar-refractivity contribution in [2.24, 2.45) is 0 Å². The highest BCUT2D eigenvalue weighted by Crippen LogP contribution is 2.29. The summed E-state index contributed by atoms with van der Waals surface area (Å²) in [6.45, 7) is 3.46. The van der Waals surface area contributed by atoms with Crippen LogP contribution in [0, 0.1) is 6.92 Å². The largest absolute Gasteiger partial charge is 0.449 e. The van der Waals surface area contributed by atoms with E-state index in [1.54, 1.807) is 19.1 Å². The van der Waals surface area contributed by atoms with Crippen LogP contribution < -0.4 is 5.32 Å². The number of hydrogen-bond donors (Lipinski definition) is 1. The summed E-state index contributed by atoms with van der Waals surface area (Å²) in [6.07, 6.45) is 2.15. The first-order valence-corrected chi connectivity index (χ1v) is 8.71. The van der Waals surface area contributed by atoms with Crippen LogP contribution in [-0.2, 0) is 16.0 Å². The Bertz CT molecular complexity index is 784. The summed E-state index contributed by atoms with van der Waals surface area (Å²) in [4.78, 5) is 24.8. The minimum atomic E-state index is -0.832. The van der Waals surface area contributed by atoms with Crippen LogP contribution >= 0.6 is 0 Å². The zero-order valence-electron chi connectivity index (χ0n) is 14.6. The van der Waals surface area contributed by atoms with E-state index in [1.165, 1.54) is 11.1 Å². The molecule has 0 radical (unpaired) electrons. The van der Waals surface area contributed by atoms with E-state index in [-0.39, 0.29) is 11.9 Å². The van der Waals surface area contributed by atoms with Gasteiger partial charge in [0, 0.05) is 0 Å². The topological polar surface area (TPSA) is 55.4 Å². The molecule has 0 bridgehead atoms. The molecule has 0 aliphatic heterocycles. The van der Waals surface area contributed by atoms with E-state index >= 15 is 0 Å². The lowest BCUT2D eigenvalue weighted by molar-refractivity contribution is -0.130. The van der Waals surface area contributed by atoms with Crippen molar-refractivity contribution in [2.75, 3.05) is 0 Å². The number of carbonyl (C=O) groups is 2. The lowest BCUT2D eigenvalue weighted by atomic mass is 9.87. The molecule has 4 nitrogen and oxygen atoms in total. The number of rotatable bonds is 4. The summed E-state index contributed by atoms with van der Waals surface area (Å²) in [5, 5.41) is 3.03. The van der Waals surface area contributed by atoms with E-state index in [0.717, 1.165) is 24.8 Å². The van der Waals surface area contributed by atoms with Gasteiger partial charge in [0.25, 0.3) is 5.91 Å². The summed E-state index contributed by atoms with van der Waals surface area (Å²) in [7, 11) is 0. The van der Waals surface area contributed by atoms with Crippen molar-refractivity contribution in [3.63, 3.8) is 0 Å². The van der Waals surface area contributed by atoms with Gasteiger partial charge in [0.1, 0.15) is 0 Å². The second-order valence-corrected chi connectivity index (χ2v) is 6.51. The number of benzene rings is 2. The quantitative estimate of drug-likeness (QED) is 0.865. The SMILES string of the molecule is Cc1ccccc1C(=O)O[C@@H](C)C(=O)N[C@H]1CCCc2ccccc21. The minimum absolute atomic E-state index is 0.0166. The summed E-state index contributed by atoms with van der Waals surface area (Å²) in [5.41, 5.74) is 3.77. The number of nitrogens with one attached hydrogen (secondary N) is 1. The van der Waals surface area contributed by atoms with Crippen LogP contribution in [0.3, 0.4) is 0 Å². The number of carbonyl (C=O) groups excluding carboxylic acids is 2. The smallest absolute Gasteiger partial charge is 0.339 e. The van der Waals surface area contributed by atoms with Crippen molar-refractivity contribution in [3.05, 3.63) is 70.8 Å². The Labute approximate surface area is 148 Å². The zero-order valence-corrected chi connectivity index (χ0v) is 14.6. The van der Waals surface area contributed by atoms with Gasteiger partial charge in [-0.05, 0) is 55.9 Å². The molecule has 1 N–H and O–H groups in total. The van der Waals surface area contributed by atoms with Gasteiger partial charge in [-0.15, -0.1) is 0 Å². The fourth-order valence-corrected chi connectivity index (χ4v) is 3.27. The first-order chi connectivity index (χ1) is 12.1. The maximum absolute atomic E-state index is 12.5. The molecule has 0 saturated carbocycles. The lowest BCUT2D eigenvalue weighted by Crippen LogP contribution is -2.39. The Kier molecular flexibility index (Phi) is 5.17. The molecule has 25 heavy (non-hydrogen) atoms. The summed E-state index contributed by atoms with van der Waals surface area (Å²) in [5.74, 6) is -0.728. The highest BCUT2D eigenvalue weighted by atomic mass is 16.5. The molecule has 0 heterocycles. The van der Waals surface area contributed by atoms with E-state index in [9.17, 15) is 9.59 Å². The van der Waals surface area contributed by atoms with Gasteiger partial charge < -0.3 is 10.1 Å². The molecule has 1 aliphatic carbocycles. The molecule has 0 aromatic heterocycles. The van der Waals surface area contributed by atoms with Gasteiger partial charge in [-0.1, -0.05) is 42.5 Å². The van der Waals surface area contributed by atoms with Gasteiger partial charge in [0.2, 0.25) is 0 Å². The Morgan fingerprint density at radius 3 is 2.64 bits per heavy atom. The fraction of sp³-hybridized carbons (Fsp3) is 0.333. The van der Waals surface area contributed by atoms with E-state index < -0.39 is 12.1 Å². The molecule has 2 aromatic carbocycles. The van der Waals surface area contributed by atoms with Gasteiger partial charge in [0.05, 0.1) is 11.6 Å². The van der Waals surface area contributed by atoms with Gasteiger partial charge in [-0.2, -0.15) is 0 Å². The maximum Gasteiger partial charge on any atom is 0.339 e. The highest BCUT2D eigenvalue weighted by Gasteiger charge is 2.25. The molecule has 1 amide bonds. The van der Waals surface area contributed by atoms with Gasteiger partial charge in [0.15, 0.2) is 6.10 Å². The Hall–Kier alpha value is -2.62. The van der Waals surface area contributed by atoms with Crippen molar-refractivity contribution >= 4 is 11.9 Å². The summed E-state index contributed by atoms with van der Waals surface area (Å²) in [6, 6.07) is 15.4. The second-order valence-electron chi connectivity index (χ2n) is 6.51. The molecule has 2 aromatic rings. The van der Waals surface area contributed by atoms with Crippen LogP contribution in [0.5, 0.6) is 0 Å².